The number of nitrogens with zero attached hydrogens (tertiary/aromatic N) is 3. The van der Waals surface area contributed by atoms with Gasteiger partial charge in [-0.25, -0.2) is 14.4 Å². The summed E-state index contributed by atoms with van der Waals surface area (Å²) < 4.78 is 12.7. The van der Waals surface area contributed by atoms with Gasteiger partial charge in [-0.2, -0.15) is 4.98 Å². The van der Waals surface area contributed by atoms with Crippen molar-refractivity contribution in [3.8, 4) is 0 Å². The fraction of sp³-hybridized carbons (Fsp3) is 0.562. The molecule has 0 aromatic carbocycles. The van der Waals surface area contributed by atoms with Crippen LogP contribution in [0.4, 0.5) is 16.2 Å². The van der Waals surface area contributed by atoms with E-state index in [9.17, 15) is 4.39 Å². The highest BCUT2D eigenvalue weighted by Gasteiger charge is 2.04. The molecular weight excluding hydrogens is 297 g/mol. The first-order valence-corrected chi connectivity index (χ1v) is 7.93. The number of hydrogen-bond donors (Lipinski definition) is 3. The summed E-state index contributed by atoms with van der Waals surface area (Å²) in [6.45, 7) is 8.60. The van der Waals surface area contributed by atoms with E-state index in [-0.39, 0.29) is 11.8 Å². The summed E-state index contributed by atoms with van der Waals surface area (Å²) in [5.74, 6) is 0.194. The Morgan fingerprint density at radius 2 is 1.91 bits per heavy atom. The van der Waals surface area contributed by atoms with Crippen LogP contribution >= 0.6 is 0 Å². The molecule has 0 aliphatic carbocycles. The minimum Gasteiger partial charge on any atom is -0.396 e. The van der Waals surface area contributed by atoms with Crippen LogP contribution in [0.3, 0.4) is 0 Å². The standard InChI is InChI=1S/C7H6FN5.C7H16O.C2H6/c8-3-1-4-5(11-2-3)6(9)13-7(10)12-4;1-3-4-5-7(2)6-8;1-2/h1-2H,(H4,9,10,12,13);7-8H,3-6H2,1-2H3;1-2H3. The summed E-state index contributed by atoms with van der Waals surface area (Å²) in [5.41, 5.74) is 11.5. The third-order valence-electron chi connectivity index (χ3n) is 2.91. The van der Waals surface area contributed by atoms with Crippen LogP contribution in [0.1, 0.15) is 47.0 Å². The average Bonchev–Trinajstić information content (AvgIpc) is 2.54. The van der Waals surface area contributed by atoms with Crippen LogP contribution in [-0.4, -0.2) is 26.7 Å². The van der Waals surface area contributed by atoms with Crippen LogP contribution < -0.4 is 11.5 Å². The predicted molar refractivity (Wildman–Crippen MR) is 93.2 cm³/mol. The lowest BCUT2D eigenvalue weighted by molar-refractivity contribution is 0.228. The quantitative estimate of drug-likeness (QED) is 0.796. The van der Waals surface area contributed by atoms with Crippen LogP contribution in [0.15, 0.2) is 12.3 Å². The van der Waals surface area contributed by atoms with Crippen LogP contribution in [0.2, 0.25) is 0 Å². The van der Waals surface area contributed by atoms with Gasteiger partial charge in [-0.15, -0.1) is 0 Å². The number of nitrogen functional groups attached to an aromatic ring is 2. The van der Waals surface area contributed by atoms with Crippen molar-refractivity contribution < 1.29 is 9.50 Å². The number of nitrogens with two attached hydrogens (primary N) is 2. The summed E-state index contributed by atoms with van der Waals surface area (Å²) in [4.78, 5) is 11.2. The Kier molecular flexibility index (Phi) is 10.5. The number of anilines is 2. The molecule has 1 unspecified atom stereocenters. The molecule has 1 atom stereocenters. The second-order valence-corrected chi connectivity index (χ2v) is 4.92. The molecule has 0 spiro atoms. The predicted octanol–water partition coefficient (Wildman–Crippen LogP) is 3.16. The zero-order valence-electron chi connectivity index (χ0n) is 14.4. The van der Waals surface area contributed by atoms with Gasteiger partial charge in [0.1, 0.15) is 11.3 Å². The van der Waals surface area contributed by atoms with E-state index in [0.717, 1.165) is 6.20 Å². The van der Waals surface area contributed by atoms with Gasteiger partial charge >= 0.3 is 0 Å². The summed E-state index contributed by atoms with van der Waals surface area (Å²) in [6, 6.07) is 1.21. The first-order valence-electron chi connectivity index (χ1n) is 7.93. The Balaban J connectivity index is 0.000000421. The smallest absolute Gasteiger partial charge is 0.222 e. The van der Waals surface area contributed by atoms with Crippen molar-refractivity contribution in [3.63, 3.8) is 0 Å². The second-order valence-electron chi connectivity index (χ2n) is 4.92. The summed E-state index contributed by atoms with van der Waals surface area (Å²) in [7, 11) is 0. The molecule has 23 heavy (non-hydrogen) atoms. The summed E-state index contributed by atoms with van der Waals surface area (Å²) >= 11 is 0. The number of pyridine rings is 1. The van der Waals surface area contributed by atoms with Crippen LogP contribution in [0, 0.1) is 11.7 Å². The number of aliphatic hydroxyl groups excluding tert-OH is 1. The molecule has 0 radical (unpaired) electrons. The van der Waals surface area contributed by atoms with E-state index < -0.39 is 5.82 Å². The number of fused-ring (bicyclic) bond motifs is 1. The minimum atomic E-state index is -0.481. The van der Waals surface area contributed by atoms with Crippen molar-refractivity contribution in [1.82, 2.24) is 15.0 Å². The lowest BCUT2D eigenvalue weighted by atomic mass is 10.1. The highest BCUT2D eigenvalue weighted by molar-refractivity contribution is 5.84. The van der Waals surface area contributed by atoms with E-state index >= 15 is 0 Å². The Bertz CT molecular complexity index is 574. The molecule has 130 valence electrons. The van der Waals surface area contributed by atoms with Crippen LogP contribution in [-0.2, 0) is 0 Å². The van der Waals surface area contributed by atoms with Gasteiger partial charge < -0.3 is 16.6 Å². The second kappa shape index (κ2) is 11.5. The first-order chi connectivity index (χ1) is 11.0. The molecule has 2 aromatic rings. The average molecular weight is 325 g/mol. The fourth-order valence-electron chi connectivity index (χ4n) is 1.68. The highest BCUT2D eigenvalue weighted by Crippen LogP contribution is 2.16. The third kappa shape index (κ3) is 7.69. The third-order valence-corrected chi connectivity index (χ3v) is 2.91. The maximum Gasteiger partial charge on any atom is 0.222 e. The van der Waals surface area contributed by atoms with Crippen LogP contribution in [0.25, 0.3) is 11.0 Å². The van der Waals surface area contributed by atoms with E-state index in [2.05, 4.69) is 28.8 Å². The molecule has 0 bridgehead atoms. The van der Waals surface area contributed by atoms with Crippen molar-refractivity contribution in [1.29, 1.82) is 0 Å². The molecule has 2 aromatic heterocycles. The van der Waals surface area contributed by atoms with Gasteiger partial charge in [0.2, 0.25) is 5.95 Å². The van der Waals surface area contributed by atoms with Crippen molar-refractivity contribution in [2.24, 2.45) is 5.92 Å². The minimum absolute atomic E-state index is 0.0115. The van der Waals surface area contributed by atoms with Crippen molar-refractivity contribution in [2.75, 3.05) is 18.1 Å². The molecule has 7 heteroatoms. The number of aromatic nitrogens is 3. The molecule has 0 amide bonds. The molecule has 2 heterocycles. The number of aliphatic hydroxyl groups is 1. The van der Waals surface area contributed by atoms with Crippen molar-refractivity contribution >= 4 is 22.8 Å². The fourth-order valence-corrected chi connectivity index (χ4v) is 1.68. The first kappa shape index (κ1) is 21.0. The van der Waals surface area contributed by atoms with Gasteiger partial charge in [-0.05, 0) is 12.3 Å². The van der Waals surface area contributed by atoms with Crippen LogP contribution in [0.5, 0.6) is 0 Å². The van der Waals surface area contributed by atoms with Gasteiger partial charge in [0, 0.05) is 12.7 Å². The number of halogens is 1. The molecule has 0 fully saturated rings. The molecule has 0 saturated heterocycles. The maximum absolute atomic E-state index is 12.7. The molecule has 2 rings (SSSR count). The van der Waals surface area contributed by atoms with Crippen molar-refractivity contribution in [3.05, 3.63) is 18.1 Å². The maximum atomic E-state index is 12.7. The zero-order chi connectivity index (χ0) is 17.8. The Hall–Kier alpha value is -2.02. The lowest BCUT2D eigenvalue weighted by Gasteiger charge is -2.03. The molecule has 0 aliphatic heterocycles. The summed E-state index contributed by atoms with van der Waals surface area (Å²) in [5, 5.41) is 8.56. The van der Waals surface area contributed by atoms with Gasteiger partial charge in [-0.3, -0.25) is 0 Å². The van der Waals surface area contributed by atoms with Gasteiger partial charge in [-0.1, -0.05) is 40.5 Å². The molecular formula is C16H28FN5O. The Morgan fingerprint density at radius 3 is 2.48 bits per heavy atom. The van der Waals surface area contributed by atoms with E-state index in [0.29, 0.717) is 23.6 Å². The van der Waals surface area contributed by atoms with E-state index in [4.69, 9.17) is 16.6 Å². The molecule has 6 nitrogen and oxygen atoms in total. The van der Waals surface area contributed by atoms with Crippen molar-refractivity contribution in [2.45, 2.75) is 47.0 Å². The highest BCUT2D eigenvalue weighted by atomic mass is 19.1. The SMILES string of the molecule is CC.CCCCC(C)CO.Nc1nc(N)c2ncc(F)cc2n1. The monoisotopic (exact) mass is 325 g/mol. The normalized spacial score (nSPS) is 11.0. The largest absolute Gasteiger partial charge is 0.396 e. The van der Waals surface area contributed by atoms with Gasteiger partial charge in [0.25, 0.3) is 0 Å². The van der Waals surface area contributed by atoms with E-state index in [1.165, 1.54) is 25.3 Å². The number of rotatable bonds is 4. The Morgan fingerprint density at radius 1 is 1.26 bits per heavy atom. The van der Waals surface area contributed by atoms with Gasteiger partial charge in [0.05, 0.1) is 11.7 Å². The molecule has 5 N–H and O–H groups in total. The molecule has 0 aliphatic rings. The van der Waals surface area contributed by atoms with Gasteiger partial charge in [0.15, 0.2) is 5.82 Å². The number of hydrogen-bond acceptors (Lipinski definition) is 6. The topological polar surface area (TPSA) is 111 Å². The number of unbranched alkanes of at least 4 members (excludes halogenated alkanes) is 1. The van der Waals surface area contributed by atoms with E-state index in [1.54, 1.807) is 0 Å². The molecule has 0 saturated carbocycles. The summed E-state index contributed by atoms with van der Waals surface area (Å²) in [6.07, 6.45) is 4.72. The lowest BCUT2D eigenvalue weighted by Crippen LogP contribution is -2.01. The van der Waals surface area contributed by atoms with E-state index in [1.807, 2.05) is 13.8 Å². The Labute approximate surface area is 137 Å². The zero-order valence-corrected chi connectivity index (χ0v) is 14.4.